The van der Waals surface area contributed by atoms with Gasteiger partial charge in [-0.3, -0.25) is 0 Å². The lowest BCUT2D eigenvalue weighted by atomic mass is 10.3. The average molecular weight is 223 g/mol. The maximum atomic E-state index is 5.80. The van der Waals surface area contributed by atoms with Crippen molar-refractivity contribution in [2.75, 3.05) is 18.9 Å². The van der Waals surface area contributed by atoms with E-state index >= 15 is 0 Å². The zero-order valence-electron chi connectivity index (χ0n) is 10.2. The van der Waals surface area contributed by atoms with E-state index in [2.05, 4.69) is 13.8 Å². The Morgan fingerprint density at radius 3 is 2.56 bits per heavy atom. The fraction of sp³-hybridized carbons (Fsp3) is 0.538. The summed E-state index contributed by atoms with van der Waals surface area (Å²) in [7, 11) is 0. The second kappa shape index (κ2) is 6.99. The van der Waals surface area contributed by atoms with E-state index < -0.39 is 0 Å². The van der Waals surface area contributed by atoms with Crippen LogP contribution in [0, 0.1) is 0 Å². The third-order valence-corrected chi connectivity index (χ3v) is 2.21. The standard InChI is InChI=1S/C13H21NO2/c1-3-5-9-15-11-6-7-12(14)13(10-11)16-8-4-2/h6-7,10H,3-5,8-9,14H2,1-2H3. The molecule has 0 radical (unpaired) electrons. The van der Waals surface area contributed by atoms with E-state index in [0.29, 0.717) is 12.3 Å². The van der Waals surface area contributed by atoms with Gasteiger partial charge in [-0.25, -0.2) is 0 Å². The topological polar surface area (TPSA) is 44.5 Å². The van der Waals surface area contributed by atoms with E-state index in [-0.39, 0.29) is 0 Å². The van der Waals surface area contributed by atoms with Crippen LogP contribution in [0.15, 0.2) is 18.2 Å². The minimum absolute atomic E-state index is 0.663. The molecule has 0 spiro atoms. The van der Waals surface area contributed by atoms with E-state index in [0.717, 1.165) is 37.4 Å². The number of ether oxygens (including phenoxy) is 2. The third kappa shape index (κ3) is 4.01. The molecule has 0 saturated heterocycles. The molecule has 0 saturated carbocycles. The molecule has 0 aliphatic heterocycles. The van der Waals surface area contributed by atoms with Gasteiger partial charge in [-0.15, -0.1) is 0 Å². The summed E-state index contributed by atoms with van der Waals surface area (Å²) >= 11 is 0. The summed E-state index contributed by atoms with van der Waals surface area (Å²) in [6.45, 7) is 5.64. The molecule has 3 nitrogen and oxygen atoms in total. The molecule has 1 aromatic carbocycles. The number of anilines is 1. The van der Waals surface area contributed by atoms with Crippen molar-refractivity contribution in [1.82, 2.24) is 0 Å². The first-order chi connectivity index (χ1) is 7.77. The third-order valence-electron chi connectivity index (χ3n) is 2.21. The highest BCUT2D eigenvalue weighted by Crippen LogP contribution is 2.27. The van der Waals surface area contributed by atoms with Gasteiger partial charge in [0, 0.05) is 6.07 Å². The molecule has 0 aliphatic rings. The number of unbranched alkanes of at least 4 members (excludes halogenated alkanes) is 1. The van der Waals surface area contributed by atoms with Crippen LogP contribution >= 0.6 is 0 Å². The number of hydrogen-bond donors (Lipinski definition) is 1. The molecule has 0 unspecified atom stereocenters. The highest BCUT2D eigenvalue weighted by atomic mass is 16.5. The lowest BCUT2D eigenvalue weighted by Crippen LogP contribution is -2.01. The Hall–Kier alpha value is -1.38. The summed E-state index contributed by atoms with van der Waals surface area (Å²) in [4.78, 5) is 0. The fourth-order valence-corrected chi connectivity index (χ4v) is 1.28. The predicted molar refractivity (Wildman–Crippen MR) is 67.0 cm³/mol. The first-order valence-electron chi connectivity index (χ1n) is 5.93. The molecule has 0 bridgehead atoms. The Labute approximate surface area is 97.6 Å². The van der Waals surface area contributed by atoms with Gasteiger partial charge in [-0.2, -0.15) is 0 Å². The molecular weight excluding hydrogens is 202 g/mol. The molecule has 90 valence electrons. The normalized spacial score (nSPS) is 10.1. The maximum Gasteiger partial charge on any atom is 0.145 e. The van der Waals surface area contributed by atoms with Gasteiger partial charge < -0.3 is 15.2 Å². The van der Waals surface area contributed by atoms with Crippen molar-refractivity contribution in [1.29, 1.82) is 0 Å². The zero-order chi connectivity index (χ0) is 11.8. The monoisotopic (exact) mass is 223 g/mol. The highest BCUT2D eigenvalue weighted by Gasteiger charge is 2.02. The minimum Gasteiger partial charge on any atom is -0.493 e. The number of nitrogens with two attached hydrogens (primary N) is 1. The second-order valence-electron chi connectivity index (χ2n) is 3.75. The number of hydrogen-bond acceptors (Lipinski definition) is 3. The van der Waals surface area contributed by atoms with Crippen LogP contribution < -0.4 is 15.2 Å². The van der Waals surface area contributed by atoms with Crippen LogP contribution in [-0.4, -0.2) is 13.2 Å². The molecule has 16 heavy (non-hydrogen) atoms. The van der Waals surface area contributed by atoms with E-state index in [1.165, 1.54) is 0 Å². The lowest BCUT2D eigenvalue weighted by molar-refractivity contribution is 0.298. The Balaban J connectivity index is 2.58. The molecule has 1 rings (SSSR count). The highest BCUT2D eigenvalue weighted by molar-refractivity contribution is 5.55. The van der Waals surface area contributed by atoms with Gasteiger partial charge >= 0.3 is 0 Å². The van der Waals surface area contributed by atoms with Crippen LogP contribution in [0.25, 0.3) is 0 Å². The van der Waals surface area contributed by atoms with Crippen LogP contribution in [0.3, 0.4) is 0 Å². The Morgan fingerprint density at radius 2 is 1.88 bits per heavy atom. The van der Waals surface area contributed by atoms with E-state index in [1.54, 1.807) is 0 Å². The molecule has 2 N–H and O–H groups in total. The maximum absolute atomic E-state index is 5.80. The van der Waals surface area contributed by atoms with Crippen LogP contribution in [0.5, 0.6) is 11.5 Å². The molecule has 0 aromatic heterocycles. The van der Waals surface area contributed by atoms with Crippen molar-refractivity contribution >= 4 is 5.69 Å². The van der Waals surface area contributed by atoms with Crippen LogP contribution in [0.4, 0.5) is 5.69 Å². The van der Waals surface area contributed by atoms with Crippen molar-refractivity contribution < 1.29 is 9.47 Å². The van der Waals surface area contributed by atoms with Gasteiger partial charge in [-0.1, -0.05) is 20.3 Å². The SMILES string of the molecule is CCCCOc1ccc(N)c(OCCC)c1. The van der Waals surface area contributed by atoms with E-state index in [9.17, 15) is 0 Å². The summed E-state index contributed by atoms with van der Waals surface area (Å²) in [6.07, 6.45) is 3.17. The van der Waals surface area contributed by atoms with Gasteiger partial charge in [-0.05, 0) is 25.0 Å². The van der Waals surface area contributed by atoms with Crippen molar-refractivity contribution in [3.8, 4) is 11.5 Å². The lowest BCUT2D eigenvalue weighted by Gasteiger charge is -2.10. The number of rotatable bonds is 7. The number of nitrogen functional groups attached to an aromatic ring is 1. The smallest absolute Gasteiger partial charge is 0.145 e. The van der Waals surface area contributed by atoms with Crippen molar-refractivity contribution in [3.63, 3.8) is 0 Å². The van der Waals surface area contributed by atoms with Crippen molar-refractivity contribution in [3.05, 3.63) is 18.2 Å². The molecule has 0 heterocycles. The largest absolute Gasteiger partial charge is 0.493 e. The second-order valence-corrected chi connectivity index (χ2v) is 3.75. The number of benzene rings is 1. The summed E-state index contributed by atoms with van der Waals surface area (Å²) < 4.78 is 11.1. The van der Waals surface area contributed by atoms with E-state index in [1.807, 2.05) is 18.2 Å². The fourth-order valence-electron chi connectivity index (χ4n) is 1.28. The zero-order valence-corrected chi connectivity index (χ0v) is 10.2. The minimum atomic E-state index is 0.663. The van der Waals surface area contributed by atoms with Gasteiger partial charge in [0.2, 0.25) is 0 Å². The van der Waals surface area contributed by atoms with Gasteiger partial charge in [0.1, 0.15) is 11.5 Å². The van der Waals surface area contributed by atoms with Gasteiger partial charge in [0.25, 0.3) is 0 Å². The Morgan fingerprint density at radius 1 is 1.06 bits per heavy atom. The van der Waals surface area contributed by atoms with Crippen LogP contribution in [0.2, 0.25) is 0 Å². The van der Waals surface area contributed by atoms with Gasteiger partial charge in [0.05, 0.1) is 18.9 Å². The first kappa shape index (κ1) is 12.7. The van der Waals surface area contributed by atoms with Gasteiger partial charge in [0.15, 0.2) is 0 Å². The molecule has 3 heteroatoms. The average Bonchev–Trinajstić information content (AvgIpc) is 2.30. The molecule has 0 atom stereocenters. The van der Waals surface area contributed by atoms with Crippen molar-refractivity contribution in [2.45, 2.75) is 33.1 Å². The quantitative estimate of drug-likeness (QED) is 0.570. The molecule has 0 fully saturated rings. The Kier molecular flexibility index (Phi) is 5.54. The summed E-state index contributed by atoms with van der Waals surface area (Å²) in [5, 5.41) is 0. The predicted octanol–water partition coefficient (Wildman–Crippen LogP) is 3.24. The summed E-state index contributed by atoms with van der Waals surface area (Å²) in [5.41, 5.74) is 6.47. The first-order valence-corrected chi connectivity index (χ1v) is 5.93. The molecule has 1 aromatic rings. The summed E-state index contributed by atoms with van der Waals surface area (Å²) in [6, 6.07) is 5.57. The molecular formula is C13H21NO2. The van der Waals surface area contributed by atoms with Crippen LogP contribution in [-0.2, 0) is 0 Å². The van der Waals surface area contributed by atoms with E-state index in [4.69, 9.17) is 15.2 Å². The van der Waals surface area contributed by atoms with Crippen molar-refractivity contribution in [2.24, 2.45) is 0 Å². The van der Waals surface area contributed by atoms with Crippen LogP contribution in [0.1, 0.15) is 33.1 Å². The molecule has 0 amide bonds. The Bertz CT molecular complexity index is 313. The summed E-state index contributed by atoms with van der Waals surface area (Å²) in [5.74, 6) is 1.55. The molecule has 0 aliphatic carbocycles.